The van der Waals surface area contributed by atoms with E-state index in [1.807, 2.05) is 0 Å². The lowest BCUT2D eigenvalue weighted by molar-refractivity contribution is 0.489. The molecule has 1 atom stereocenters. The molecule has 2 rings (SSSR count). The highest BCUT2D eigenvalue weighted by Crippen LogP contribution is 2.46. The van der Waals surface area contributed by atoms with E-state index in [4.69, 9.17) is 0 Å². The smallest absolute Gasteiger partial charge is 0.00949 e. The fraction of sp³-hybridized carbons (Fsp3) is 0.538. The largest absolute Gasteiger partial charge is 0.0617 e. The van der Waals surface area contributed by atoms with Crippen LogP contribution in [0.15, 0.2) is 18.2 Å². The van der Waals surface area contributed by atoms with E-state index in [1.54, 1.807) is 11.1 Å². The summed E-state index contributed by atoms with van der Waals surface area (Å²) in [5.74, 6) is 0.742. The van der Waals surface area contributed by atoms with E-state index < -0.39 is 0 Å². The lowest BCUT2D eigenvalue weighted by Crippen LogP contribution is -2.11. The van der Waals surface area contributed by atoms with Crippen LogP contribution in [0.1, 0.15) is 49.8 Å². The molecule has 0 bridgehead atoms. The van der Waals surface area contributed by atoms with E-state index in [2.05, 4.69) is 45.9 Å². The van der Waals surface area contributed by atoms with Gasteiger partial charge in [0.15, 0.2) is 0 Å². The Hall–Kier alpha value is -0.780. The molecule has 0 nitrogen and oxygen atoms in total. The summed E-state index contributed by atoms with van der Waals surface area (Å²) in [5.41, 5.74) is 5.03. The van der Waals surface area contributed by atoms with Gasteiger partial charge in [-0.2, -0.15) is 0 Å². The minimum Gasteiger partial charge on any atom is -0.0617 e. The van der Waals surface area contributed by atoms with Gasteiger partial charge in [0.05, 0.1) is 0 Å². The van der Waals surface area contributed by atoms with E-state index in [9.17, 15) is 0 Å². The van der Waals surface area contributed by atoms with Gasteiger partial charge in [0.1, 0.15) is 0 Å². The molecule has 1 aromatic rings. The van der Waals surface area contributed by atoms with Crippen molar-refractivity contribution in [1.29, 1.82) is 0 Å². The SMILES string of the molecule is Cc1cccc2c1C(C)CC2(C)C. The number of aryl methyl sites for hydroxylation is 1. The Morgan fingerprint density at radius 3 is 2.62 bits per heavy atom. The predicted octanol–water partition coefficient (Wildman–Crippen LogP) is 3.78. The Morgan fingerprint density at radius 2 is 2.00 bits per heavy atom. The summed E-state index contributed by atoms with van der Waals surface area (Å²) in [7, 11) is 0. The Kier molecular flexibility index (Phi) is 1.76. The number of hydrogen-bond acceptors (Lipinski definition) is 0. The summed E-state index contributed by atoms with van der Waals surface area (Å²) in [6.07, 6.45) is 1.30. The first-order valence-corrected chi connectivity index (χ1v) is 5.12. The summed E-state index contributed by atoms with van der Waals surface area (Å²) < 4.78 is 0. The van der Waals surface area contributed by atoms with Crippen LogP contribution in [0.4, 0.5) is 0 Å². The third-order valence-electron chi connectivity index (χ3n) is 3.36. The van der Waals surface area contributed by atoms with Crippen LogP contribution < -0.4 is 0 Å². The molecule has 1 unspecified atom stereocenters. The number of benzene rings is 1. The molecule has 0 saturated carbocycles. The van der Waals surface area contributed by atoms with Crippen LogP contribution in [0.25, 0.3) is 0 Å². The summed E-state index contributed by atoms with van der Waals surface area (Å²) in [6.45, 7) is 9.29. The minimum absolute atomic E-state index is 0.390. The molecule has 13 heavy (non-hydrogen) atoms. The maximum Gasteiger partial charge on any atom is -0.00949 e. The molecular formula is C13H18. The first-order chi connectivity index (χ1) is 6.02. The van der Waals surface area contributed by atoms with Crippen molar-refractivity contribution >= 4 is 0 Å². The van der Waals surface area contributed by atoms with Crippen molar-refractivity contribution in [2.24, 2.45) is 0 Å². The molecular weight excluding hydrogens is 156 g/mol. The van der Waals surface area contributed by atoms with Crippen molar-refractivity contribution in [3.63, 3.8) is 0 Å². The topological polar surface area (TPSA) is 0 Å². The third-order valence-corrected chi connectivity index (χ3v) is 3.36. The molecule has 0 fully saturated rings. The standard InChI is InChI=1S/C13H18/c1-9-6-5-7-11-12(9)10(2)8-13(11,3)4/h5-7,10H,8H2,1-4H3. The summed E-state index contributed by atoms with van der Waals surface area (Å²) in [6, 6.07) is 6.72. The van der Waals surface area contributed by atoms with E-state index in [0.29, 0.717) is 5.41 Å². The van der Waals surface area contributed by atoms with Gasteiger partial charge < -0.3 is 0 Å². The highest BCUT2D eigenvalue weighted by molar-refractivity contribution is 5.45. The van der Waals surface area contributed by atoms with E-state index in [-0.39, 0.29) is 0 Å². The van der Waals surface area contributed by atoms with Crippen molar-refractivity contribution in [1.82, 2.24) is 0 Å². The van der Waals surface area contributed by atoms with Crippen LogP contribution in [0.2, 0.25) is 0 Å². The number of fused-ring (bicyclic) bond motifs is 1. The van der Waals surface area contributed by atoms with Crippen molar-refractivity contribution in [2.75, 3.05) is 0 Å². The molecule has 0 amide bonds. The third kappa shape index (κ3) is 1.20. The predicted molar refractivity (Wildman–Crippen MR) is 57.2 cm³/mol. The molecule has 1 aliphatic rings. The van der Waals surface area contributed by atoms with Gasteiger partial charge in [0.2, 0.25) is 0 Å². The molecule has 0 saturated heterocycles. The van der Waals surface area contributed by atoms with Gasteiger partial charge in [-0.05, 0) is 41.4 Å². The highest BCUT2D eigenvalue weighted by Gasteiger charge is 2.34. The second-order valence-corrected chi connectivity index (χ2v) is 5.03. The van der Waals surface area contributed by atoms with Crippen LogP contribution in [-0.2, 0) is 5.41 Å². The molecule has 70 valence electrons. The van der Waals surface area contributed by atoms with Crippen LogP contribution >= 0.6 is 0 Å². The Balaban J connectivity index is 2.65. The quantitative estimate of drug-likeness (QED) is 0.561. The van der Waals surface area contributed by atoms with Crippen LogP contribution in [0.3, 0.4) is 0 Å². The van der Waals surface area contributed by atoms with Gasteiger partial charge in [0, 0.05) is 0 Å². The zero-order chi connectivity index (χ0) is 9.64. The van der Waals surface area contributed by atoms with E-state index >= 15 is 0 Å². The van der Waals surface area contributed by atoms with Crippen LogP contribution in [0.5, 0.6) is 0 Å². The Bertz CT molecular complexity index is 334. The van der Waals surface area contributed by atoms with Gasteiger partial charge in [-0.25, -0.2) is 0 Å². The summed E-state index contributed by atoms with van der Waals surface area (Å²) in [4.78, 5) is 0. The van der Waals surface area contributed by atoms with Crippen LogP contribution in [-0.4, -0.2) is 0 Å². The van der Waals surface area contributed by atoms with Crippen molar-refractivity contribution in [3.05, 3.63) is 34.9 Å². The Labute approximate surface area is 81.0 Å². The monoisotopic (exact) mass is 174 g/mol. The number of rotatable bonds is 0. The molecule has 0 N–H and O–H groups in total. The lowest BCUT2D eigenvalue weighted by Gasteiger charge is -2.18. The Morgan fingerprint density at radius 1 is 1.31 bits per heavy atom. The van der Waals surface area contributed by atoms with Crippen LogP contribution in [0, 0.1) is 6.92 Å². The average molecular weight is 174 g/mol. The highest BCUT2D eigenvalue weighted by atomic mass is 14.4. The van der Waals surface area contributed by atoms with Gasteiger partial charge in [-0.1, -0.05) is 39.0 Å². The minimum atomic E-state index is 0.390. The van der Waals surface area contributed by atoms with E-state index in [1.165, 1.54) is 12.0 Å². The van der Waals surface area contributed by atoms with Crippen molar-refractivity contribution in [2.45, 2.75) is 45.4 Å². The summed E-state index contributed by atoms with van der Waals surface area (Å²) >= 11 is 0. The molecule has 1 aromatic carbocycles. The molecule has 1 aliphatic carbocycles. The maximum atomic E-state index is 2.36. The van der Waals surface area contributed by atoms with Crippen molar-refractivity contribution in [3.8, 4) is 0 Å². The van der Waals surface area contributed by atoms with Crippen molar-refractivity contribution < 1.29 is 0 Å². The fourth-order valence-corrected chi connectivity index (χ4v) is 2.90. The lowest BCUT2D eigenvalue weighted by atomic mass is 9.86. The first-order valence-electron chi connectivity index (χ1n) is 5.12. The zero-order valence-electron chi connectivity index (χ0n) is 9.02. The normalized spacial score (nSPS) is 24.5. The van der Waals surface area contributed by atoms with Gasteiger partial charge >= 0.3 is 0 Å². The second kappa shape index (κ2) is 2.60. The first kappa shape index (κ1) is 8.80. The van der Waals surface area contributed by atoms with Gasteiger partial charge in [0.25, 0.3) is 0 Å². The van der Waals surface area contributed by atoms with E-state index in [0.717, 1.165) is 5.92 Å². The van der Waals surface area contributed by atoms with Gasteiger partial charge in [-0.15, -0.1) is 0 Å². The zero-order valence-corrected chi connectivity index (χ0v) is 9.02. The molecule has 0 aromatic heterocycles. The molecule has 0 heterocycles. The second-order valence-electron chi connectivity index (χ2n) is 5.03. The molecule has 0 spiro atoms. The molecule has 0 heteroatoms. The average Bonchev–Trinajstić information content (AvgIpc) is 2.24. The summed E-state index contributed by atoms with van der Waals surface area (Å²) in [5, 5.41) is 0. The maximum absolute atomic E-state index is 2.36. The molecule has 0 aliphatic heterocycles. The fourth-order valence-electron chi connectivity index (χ4n) is 2.90. The molecule has 0 radical (unpaired) electrons. The van der Waals surface area contributed by atoms with Gasteiger partial charge in [-0.3, -0.25) is 0 Å². The number of hydrogen-bond donors (Lipinski definition) is 0.